The van der Waals surface area contributed by atoms with Gasteiger partial charge in [-0.05, 0) is 6.42 Å². The van der Waals surface area contributed by atoms with Crippen molar-refractivity contribution in [2.24, 2.45) is 5.92 Å². The van der Waals surface area contributed by atoms with Crippen LogP contribution in [0.3, 0.4) is 0 Å². The normalized spacial score (nSPS) is 11.5. The number of hydrogen-bond donors (Lipinski definition) is 0. The summed E-state index contributed by atoms with van der Waals surface area (Å²) < 4.78 is 9.19. The number of hydrogen-bond acceptors (Lipinski definition) is 4. The van der Waals surface area contributed by atoms with Gasteiger partial charge >= 0.3 is 11.9 Å². The van der Waals surface area contributed by atoms with E-state index >= 15 is 0 Å². The molecule has 1 unspecified atom stereocenters. The first kappa shape index (κ1) is 11.7. The molecule has 0 N–H and O–H groups in total. The lowest BCUT2D eigenvalue weighted by atomic mass is 10.1. The first-order valence-electron chi connectivity index (χ1n) is 3.98. The van der Waals surface area contributed by atoms with Crippen molar-refractivity contribution < 1.29 is 19.1 Å². The first-order valence-corrected chi connectivity index (χ1v) is 3.98. The zero-order valence-corrected chi connectivity index (χ0v) is 7.91. The SMILES string of the molecule is C=CC(=O)OCCC(C)C(=O)OC. The zero-order valence-electron chi connectivity index (χ0n) is 7.91. The van der Waals surface area contributed by atoms with Gasteiger partial charge in [0.15, 0.2) is 0 Å². The molecule has 0 aliphatic heterocycles. The fourth-order valence-electron chi connectivity index (χ4n) is 0.714. The molecule has 0 aliphatic carbocycles. The second-order valence-corrected chi connectivity index (χ2v) is 2.58. The van der Waals surface area contributed by atoms with E-state index in [4.69, 9.17) is 4.74 Å². The predicted molar refractivity (Wildman–Crippen MR) is 47.0 cm³/mol. The van der Waals surface area contributed by atoms with Gasteiger partial charge in [0.25, 0.3) is 0 Å². The molecule has 0 aromatic rings. The molecule has 0 saturated heterocycles. The second kappa shape index (κ2) is 6.22. The third-order valence-corrected chi connectivity index (χ3v) is 1.57. The largest absolute Gasteiger partial charge is 0.469 e. The van der Waals surface area contributed by atoms with Gasteiger partial charge in [0, 0.05) is 6.08 Å². The Morgan fingerprint density at radius 2 is 2.15 bits per heavy atom. The standard InChI is InChI=1S/C9H14O4/c1-4-8(10)13-6-5-7(2)9(11)12-3/h4,7H,1,5-6H2,2-3H3. The third-order valence-electron chi connectivity index (χ3n) is 1.57. The molecule has 0 rings (SSSR count). The first-order chi connectivity index (χ1) is 6.11. The van der Waals surface area contributed by atoms with E-state index in [2.05, 4.69) is 11.3 Å². The molecule has 1 atom stereocenters. The Hall–Kier alpha value is -1.32. The van der Waals surface area contributed by atoms with Crippen molar-refractivity contribution >= 4 is 11.9 Å². The van der Waals surface area contributed by atoms with Gasteiger partial charge in [-0.1, -0.05) is 13.5 Å². The van der Waals surface area contributed by atoms with Gasteiger partial charge in [-0.3, -0.25) is 4.79 Å². The van der Waals surface area contributed by atoms with Gasteiger partial charge in [-0.2, -0.15) is 0 Å². The molecule has 0 spiro atoms. The molecule has 0 radical (unpaired) electrons. The van der Waals surface area contributed by atoms with Gasteiger partial charge in [-0.25, -0.2) is 4.79 Å². The molecule has 74 valence electrons. The summed E-state index contributed by atoms with van der Waals surface area (Å²) in [6.45, 7) is 5.17. The molecule has 4 heteroatoms. The van der Waals surface area contributed by atoms with Gasteiger partial charge < -0.3 is 9.47 Å². The van der Waals surface area contributed by atoms with Crippen LogP contribution in [0.15, 0.2) is 12.7 Å². The Morgan fingerprint density at radius 1 is 1.54 bits per heavy atom. The van der Waals surface area contributed by atoms with Gasteiger partial charge in [-0.15, -0.1) is 0 Å². The van der Waals surface area contributed by atoms with E-state index in [0.717, 1.165) is 6.08 Å². The van der Waals surface area contributed by atoms with Crippen molar-refractivity contribution in [3.63, 3.8) is 0 Å². The van der Waals surface area contributed by atoms with E-state index in [-0.39, 0.29) is 18.5 Å². The average molecular weight is 186 g/mol. The van der Waals surface area contributed by atoms with E-state index in [9.17, 15) is 9.59 Å². The molecule has 0 bridgehead atoms. The Labute approximate surface area is 77.5 Å². The van der Waals surface area contributed by atoms with Crippen molar-refractivity contribution in [3.05, 3.63) is 12.7 Å². The minimum absolute atomic E-state index is 0.209. The number of methoxy groups -OCH3 is 1. The number of rotatable bonds is 5. The van der Waals surface area contributed by atoms with Gasteiger partial charge in [0.2, 0.25) is 0 Å². The van der Waals surface area contributed by atoms with Crippen LogP contribution in [-0.4, -0.2) is 25.7 Å². The summed E-state index contributed by atoms with van der Waals surface area (Å²) in [4.78, 5) is 21.5. The number of carbonyl (C=O) groups excluding carboxylic acids is 2. The van der Waals surface area contributed by atoms with Crippen LogP contribution in [0.1, 0.15) is 13.3 Å². The maximum absolute atomic E-state index is 10.9. The Balaban J connectivity index is 3.58. The monoisotopic (exact) mass is 186 g/mol. The topological polar surface area (TPSA) is 52.6 Å². The highest BCUT2D eigenvalue weighted by Crippen LogP contribution is 2.03. The van der Waals surface area contributed by atoms with Crippen LogP contribution < -0.4 is 0 Å². The lowest BCUT2D eigenvalue weighted by Gasteiger charge is -2.08. The molecule has 0 aliphatic rings. The third kappa shape index (κ3) is 5.00. The van der Waals surface area contributed by atoms with Crippen molar-refractivity contribution in [1.29, 1.82) is 0 Å². The molecule has 0 saturated carbocycles. The molecule has 0 aromatic heterocycles. The van der Waals surface area contributed by atoms with Crippen molar-refractivity contribution in [1.82, 2.24) is 0 Å². The van der Waals surface area contributed by atoms with E-state index in [1.807, 2.05) is 0 Å². The van der Waals surface area contributed by atoms with Crippen LogP contribution in [0.4, 0.5) is 0 Å². The summed E-state index contributed by atoms with van der Waals surface area (Å²) in [5.41, 5.74) is 0. The molecule has 0 fully saturated rings. The van der Waals surface area contributed by atoms with Crippen LogP contribution in [0.5, 0.6) is 0 Å². The molecule has 0 aromatic carbocycles. The van der Waals surface area contributed by atoms with E-state index in [1.165, 1.54) is 7.11 Å². The van der Waals surface area contributed by atoms with Crippen molar-refractivity contribution in [2.45, 2.75) is 13.3 Å². The Morgan fingerprint density at radius 3 is 2.62 bits per heavy atom. The number of carbonyl (C=O) groups is 2. The lowest BCUT2D eigenvalue weighted by Crippen LogP contribution is -2.15. The molecular formula is C9H14O4. The summed E-state index contributed by atoms with van der Waals surface area (Å²) in [5.74, 6) is -1.02. The molecule has 13 heavy (non-hydrogen) atoms. The quantitative estimate of drug-likeness (QED) is 0.473. The van der Waals surface area contributed by atoms with Crippen LogP contribution >= 0.6 is 0 Å². The fraction of sp³-hybridized carbons (Fsp3) is 0.556. The van der Waals surface area contributed by atoms with E-state index in [1.54, 1.807) is 6.92 Å². The average Bonchev–Trinajstić information content (AvgIpc) is 2.15. The molecular weight excluding hydrogens is 172 g/mol. The van der Waals surface area contributed by atoms with Gasteiger partial charge in [0.1, 0.15) is 0 Å². The maximum Gasteiger partial charge on any atom is 0.330 e. The fourth-order valence-corrected chi connectivity index (χ4v) is 0.714. The highest BCUT2D eigenvalue weighted by molar-refractivity contribution is 5.81. The highest BCUT2D eigenvalue weighted by Gasteiger charge is 2.12. The molecule has 0 heterocycles. The van der Waals surface area contributed by atoms with Crippen molar-refractivity contribution in [2.75, 3.05) is 13.7 Å². The summed E-state index contributed by atoms with van der Waals surface area (Å²) >= 11 is 0. The van der Waals surface area contributed by atoms with Crippen LogP contribution in [-0.2, 0) is 19.1 Å². The maximum atomic E-state index is 10.9. The van der Waals surface area contributed by atoms with Crippen molar-refractivity contribution in [3.8, 4) is 0 Å². The second-order valence-electron chi connectivity index (χ2n) is 2.58. The minimum atomic E-state index is -0.475. The smallest absolute Gasteiger partial charge is 0.330 e. The van der Waals surface area contributed by atoms with E-state index in [0.29, 0.717) is 6.42 Å². The van der Waals surface area contributed by atoms with E-state index < -0.39 is 5.97 Å². The summed E-state index contributed by atoms with van der Waals surface area (Å²) in [6, 6.07) is 0. The van der Waals surface area contributed by atoms with Crippen LogP contribution in [0, 0.1) is 5.92 Å². The molecule has 0 amide bonds. The minimum Gasteiger partial charge on any atom is -0.469 e. The number of esters is 2. The summed E-state index contributed by atoms with van der Waals surface area (Å²) in [5, 5.41) is 0. The highest BCUT2D eigenvalue weighted by atomic mass is 16.5. The summed E-state index contributed by atoms with van der Waals surface area (Å²) in [7, 11) is 1.33. The molecule has 4 nitrogen and oxygen atoms in total. The predicted octanol–water partition coefficient (Wildman–Crippen LogP) is 0.915. The zero-order chi connectivity index (χ0) is 10.3. The number of ether oxygens (including phenoxy) is 2. The van der Waals surface area contributed by atoms with Crippen LogP contribution in [0.2, 0.25) is 0 Å². The Kier molecular flexibility index (Phi) is 5.59. The van der Waals surface area contributed by atoms with Crippen LogP contribution in [0.25, 0.3) is 0 Å². The Bertz CT molecular complexity index is 198. The lowest BCUT2D eigenvalue weighted by molar-refractivity contribution is -0.147. The summed E-state index contributed by atoms with van der Waals surface area (Å²) in [6.07, 6.45) is 1.55. The van der Waals surface area contributed by atoms with Gasteiger partial charge in [0.05, 0.1) is 19.6 Å².